The molecule has 14 heteroatoms. The summed E-state index contributed by atoms with van der Waals surface area (Å²) < 4.78 is 31.1. The van der Waals surface area contributed by atoms with Crippen LogP contribution < -0.4 is 0 Å². The molecule has 0 radical (unpaired) electrons. The molecule has 4 aliphatic carbocycles. The van der Waals surface area contributed by atoms with Crippen LogP contribution in [-0.4, -0.2) is 150 Å². The molecule has 3 heterocycles. The van der Waals surface area contributed by atoms with Crippen molar-refractivity contribution in [1.29, 1.82) is 0 Å². The van der Waals surface area contributed by atoms with Gasteiger partial charge < -0.3 is 69.6 Å². The molecule has 21 atom stereocenters. The molecule has 0 spiro atoms. The zero-order chi connectivity index (χ0) is 41.1. The Morgan fingerprint density at radius 3 is 1.86 bits per heavy atom. The molecule has 3 aliphatic heterocycles. The molecular weight excluding hydrogens is 728 g/mol. The Balaban J connectivity index is 1.11. The van der Waals surface area contributed by atoms with E-state index in [1.165, 1.54) is 0 Å². The van der Waals surface area contributed by atoms with Crippen molar-refractivity contribution >= 4 is 0 Å². The molecule has 14 nitrogen and oxygen atoms in total. The molecule has 7 rings (SSSR count). The van der Waals surface area contributed by atoms with E-state index in [0.29, 0.717) is 12.8 Å². The van der Waals surface area contributed by atoms with E-state index in [-0.39, 0.29) is 46.0 Å². The predicted octanol–water partition coefficient (Wildman–Crippen LogP) is 1.36. The quantitative estimate of drug-likeness (QED) is 0.158. The lowest BCUT2D eigenvalue weighted by atomic mass is 9.35. The van der Waals surface area contributed by atoms with Crippen LogP contribution in [0.5, 0.6) is 0 Å². The van der Waals surface area contributed by atoms with Crippen molar-refractivity contribution in [1.82, 2.24) is 0 Å². The maximum atomic E-state index is 12.3. The third-order valence-electron chi connectivity index (χ3n) is 17.5. The summed E-state index contributed by atoms with van der Waals surface area (Å²) in [4.78, 5) is 0. The fraction of sp³-hybridized carbons (Fsp3) is 1.00. The van der Waals surface area contributed by atoms with Gasteiger partial charge >= 0.3 is 0 Å². The molecule has 0 aromatic carbocycles. The summed E-state index contributed by atoms with van der Waals surface area (Å²) in [6.45, 7) is 16.3. The van der Waals surface area contributed by atoms with Crippen molar-refractivity contribution in [3.05, 3.63) is 0 Å². The number of aliphatic hydroxyl groups is 9. The number of rotatable bonds is 8. The first-order chi connectivity index (χ1) is 26.0. The molecule has 0 aromatic heterocycles. The predicted molar refractivity (Wildman–Crippen MR) is 200 cm³/mol. The minimum absolute atomic E-state index is 0.0311. The summed E-state index contributed by atoms with van der Waals surface area (Å²) in [5.74, 6) is 0.725. The highest BCUT2D eigenvalue weighted by atomic mass is 16.8. The third kappa shape index (κ3) is 6.58. The van der Waals surface area contributed by atoms with Gasteiger partial charge in [0.25, 0.3) is 0 Å². The first kappa shape index (κ1) is 43.5. The van der Waals surface area contributed by atoms with Crippen molar-refractivity contribution in [2.45, 2.75) is 204 Å². The standard InChI is InChI=1S/C42H72O14/c1-37(2)24-10-15-40(6)25(17-21(45)28-20(9-14-41(28,40)7)42(8)16-12-27(56-42)38(3,4)51)39(24,5)13-11-26(37)54-36-34(32(49)30(47)23(19-44)53-36)55-35-33(50)31(48)29(46)22(18-43)52-35/h20-36,43-51H,9-19H2,1-8H3/t20-,21+,22+,23+,24-,25+,26-,27+,28-,29+,30+,31-,32-,33+,34+,35-,36-,39-,40+,41+,42-/m0/s1. The Bertz CT molecular complexity index is 1410. The molecular formula is C42H72O14. The van der Waals surface area contributed by atoms with Gasteiger partial charge in [0, 0.05) is 0 Å². The maximum absolute atomic E-state index is 12.3. The summed E-state index contributed by atoms with van der Waals surface area (Å²) >= 11 is 0. The summed E-state index contributed by atoms with van der Waals surface area (Å²) in [6.07, 6.45) is -8.45. The van der Waals surface area contributed by atoms with E-state index >= 15 is 0 Å². The molecule has 324 valence electrons. The van der Waals surface area contributed by atoms with Gasteiger partial charge in [-0.05, 0) is 124 Å². The molecule has 56 heavy (non-hydrogen) atoms. The van der Waals surface area contributed by atoms with Crippen LogP contribution in [0.3, 0.4) is 0 Å². The minimum atomic E-state index is -1.75. The summed E-state index contributed by atoms with van der Waals surface area (Å²) in [7, 11) is 0. The second-order valence-electron chi connectivity index (χ2n) is 21.1. The van der Waals surface area contributed by atoms with Gasteiger partial charge in [-0.15, -0.1) is 0 Å². The normalized spacial score (nSPS) is 56.0. The third-order valence-corrected chi connectivity index (χ3v) is 17.5. The second kappa shape index (κ2) is 14.8. The second-order valence-corrected chi connectivity index (χ2v) is 21.1. The Morgan fingerprint density at radius 1 is 0.643 bits per heavy atom. The molecule has 0 bridgehead atoms. The van der Waals surface area contributed by atoms with Gasteiger partial charge in [-0.1, -0.05) is 34.6 Å². The molecule has 0 aromatic rings. The van der Waals surface area contributed by atoms with E-state index < -0.39 is 103 Å². The largest absolute Gasteiger partial charge is 0.394 e. The van der Waals surface area contributed by atoms with E-state index in [0.717, 1.165) is 44.9 Å². The van der Waals surface area contributed by atoms with Gasteiger partial charge in [0.05, 0.1) is 42.7 Å². The first-order valence-corrected chi connectivity index (χ1v) is 21.3. The lowest BCUT2D eigenvalue weighted by molar-refractivity contribution is -0.378. The van der Waals surface area contributed by atoms with Crippen molar-refractivity contribution in [2.24, 2.45) is 45.3 Å². The van der Waals surface area contributed by atoms with Crippen LogP contribution in [0, 0.1) is 45.3 Å². The van der Waals surface area contributed by atoms with Crippen molar-refractivity contribution in [2.75, 3.05) is 13.2 Å². The lowest BCUT2D eigenvalue weighted by Crippen LogP contribution is -2.68. The highest BCUT2D eigenvalue weighted by Crippen LogP contribution is 2.76. The van der Waals surface area contributed by atoms with Crippen LogP contribution >= 0.6 is 0 Å². The molecule has 0 unspecified atom stereocenters. The van der Waals surface area contributed by atoms with E-state index in [9.17, 15) is 46.0 Å². The number of hydrogen-bond acceptors (Lipinski definition) is 14. The lowest BCUT2D eigenvalue weighted by Gasteiger charge is -2.70. The Kier molecular flexibility index (Phi) is 11.5. The number of hydrogen-bond donors (Lipinski definition) is 9. The van der Waals surface area contributed by atoms with Gasteiger partial charge in [0.2, 0.25) is 0 Å². The van der Waals surface area contributed by atoms with Gasteiger partial charge in [-0.3, -0.25) is 0 Å². The molecule has 9 N–H and O–H groups in total. The van der Waals surface area contributed by atoms with Crippen LogP contribution in [0.15, 0.2) is 0 Å². The van der Waals surface area contributed by atoms with E-state index in [2.05, 4.69) is 41.5 Å². The Labute approximate surface area is 331 Å². The number of fused-ring (bicyclic) bond motifs is 5. The van der Waals surface area contributed by atoms with Crippen molar-refractivity contribution < 1.29 is 69.6 Å². The molecule has 0 amide bonds. The van der Waals surface area contributed by atoms with Crippen molar-refractivity contribution in [3.8, 4) is 0 Å². The molecule has 7 fully saturated rings. The highest BCUT2D eigenvalue weighted by Gasteiger charge is 2.72. The monoisotopic (exact) mass is 800 g/mol. The molecule has 4 saturated carbocycles. The minimum Gasteiger partial charge on any atom is -0.394 e. The average molecular weight is 801 g/mol. The number of aliphatic hydroxyl groups excluding tert-OH is 8. The van der Waals surface area contributed by atoms with Crippen LogP contribution in [-0.2, 0) is 23.7 Å². The van der Waals surface area contributed by atoms with Crippen LogP contribution in [0.2, 0.25) is 0 Å². The zero-order valence-corrected chi connectivity index (χ0v) is 34.7. The van der Waals surface area contributed by atoms with Crippen LogP contribution in [0.4, 0.5) is 0 Å². The van der Waals surface area contributed by atoms with Gasteiger partial charge in [-0.25, -0.2) is 0 Å². The van der Waals surface area contributed by atoms with E-state index in [1.54, 1.807) is 0 Å². The maximum Gasteiger partial charge on any atom is 0.187 e. The highest BCUT2D eigenvalue weighted by molar-refractivity contribution is 5.20. The SMILES string of the molecule is CC(C)(O)[C@H]1CC[C@@](C)([C@H]2CC[C@]3(C)[C@@H]2[C@H](O)C[C@@H]2[C@@]4(C)CC[C@H](O[C@@H]5O[C@H](CO)[C@@H](O)[C@H](O)[C@H]5O[C@@H]5O[C@H](CO)[C@@H](O)[C@H](O)[C@H]5O)C(C)(C)[C@@H]4CC[C@]23C)O1. The van der Waals surface area contributed by atoms with Gasteiger partial charge in [-0.2, -0.15) is 0 Å². The van der Waals surface area contributed by atoms with Gasteiger partial charge in [0.15, 0.2) is 12.6 Å². The zero-order valence-electron chi connectivity index (χ0n) is 34.7. The first-order valence-electron chi connectivity index (χ1n) is 21.3. The fourth-order valence-electron chi connectivity index (χ4n) is 14.1. The Morgan fingerprint density at radius 2 is 1.25 bits per heavy atom. The van der Waals surface area contributed by atoms with Gasteiger partial charge in [0.1, 0.15) is 48.8 Å². The van der Waals surface area contributed by atoms with Crippen LogP contribution in [0.25, 0.3) is 0 Å². The average Bonchev–Trinajstić information content (AvgIpc) is 3.73. The molecule has 7 aliphatic rings. The summed E-state index contributed by atoms with van der Waals surface area (Å²) in [5.41, 5.74) is -2.03. The van der Waals surface area contributed by atoms with Crippen molar-refractivity contribution in [3.63, 3.8) is 0 Å². The van der Waals surface area contributed by atoms with E-state index in [4.69, 9.17) is 23.7 Å². The molecule has 3 saturated heterocycles. The van der Waals surface area contributed by atoms with E-state index in [1.807, 2.05) is 13.8 Å². The topological polar surface area (TPSA) is 228 Å². The summed E-state index contributed by atoms with van der Waals surface area (Å²) in [6, 6.07) is 0. The number of ether oxygens (including phenoxy) is 5. The smallest absolute Gasteiger partial charge is 0.187 e. The summed E-state index contributed by atoms with van der Waals surface area (Å²) in [5, 5.41) is 96.5. The van der Waals surface area contributed by atoms with Crippen LogP contribution in [0.1, 0.15) is 113 Å². The Hall–Kier alpha value is -0.560. The fourth-order valence-corrected chi connectivity index (χ4v) is 14.1.